The second-order valence-electron chi connectivity index (χ2n) is 8.50. The molecule has 170 valence electrons. The SMILES string of the molecule is CC(C)Cn1c(SCc2ccccc2[N+](=O)[O-])nnc1C(C)Oc1ccc(C(C)C)cc1. The Labute approximate surface area is 193 Å². The van der Waals surface area contributed by atoms with Gasteiger partial charge in [0.25, 0.3) is 5.69 Å². The Kier molecular flexibility index (Phi) is 7.90. The number of para-hydroxylation sites is 1. The van der Waals surface area contributed by atoms with Crippen LogP contribution in [0.25, 0.3) is 0 Å². The van der Waals surface area contributed by atoms with Crippen molar-refractivity contribution in [3.8, 4) is 5.75 Å². The van der Waals surface area contributed by atoms with E-state index in [1.807, 2.05) is 25.1 Å². The fraction of sp³-hybridized carbons (Fsp3) is 0.417. The number of nitro benzene ring substituents is 1. The molecule has 1 aromatic heterocycles. The number of hydrogen-bond acceptors (Lipinski definition) is 6. The molecule has 2 aromatic carbocycles. The molecule has 0 spiro atoms. The first-order valence-corrected chi connectivity index (χ1v) is 11.8. The van der Waals surface area contributed by atoms with Crippen LogP contribution in [0, 0.1) is 16.0 Å². The number of hydrogen-bond donors (Lipinski definition) is 0. The average Bonchev–Trinajstić information content (AvgIpc) is 3.14. The van der Waals surface area contributed by atoms with E-state index < -0.39 is 0 Å². The molecule has 0 saturated carbocycles. The number of benzene rings is 2. The molecular formula is C24H30N4O3S. The number of nitrogens with zero attached hydrogens (tertiary/aromatic N) is 4. The van der Waals surface area contributed by atoms with Crippen LogP contribution in [0.5, 0.6) is 5.75 Å². The lowest BCUT2D eigenvalue weighted by Gasteiger charge is -2.18. The molecule has 0 aliphatic rings. The van der Waals surface area contributed by atoms with Crippen LogP contribution in [0.4, 0.5) is 5.69 Å². The maximum Gasteiger partial charge on any atom is 0.273 e. The van der Waals surface area contributed by atoms with Crippen LogP contribution in [-0.4, -0.2) is 19.7 Å². The Balaban J connectivity index is 1.79. The van der Waals surface area contributed by atoms with Crippen LogP contribution >= 0.6 is 11.8 Å². The molecule has 0 saturated heterocycles. The van der Waals surface area contributed by atoms with Crippen molar-refractivity contribution in [1.29, 1.82) is 0 Å². The average molecular weight is 455 g/mol. The molecule has 32 heavy (non-hydrogen) atoms. The first-order chi connectivity index (χ1) is 15.3. The van der Waals surface area contributed by atoms with Crippen molar-refractivity contribution < 1.29 is 9.66 Å². The highest BCUT2D eigenvalue weighted by atomic mass is 32.2. The number of rotatable bonds is 10. The van der Waals surface area contributed by atoms with E-state index in [1.54, 1.807) is 12.1 Å². The van der Waals surface area contributed by atoms with Crippen molar-refractivity contribution in [3.05, 3.63) is 75.6 Å². The number of nitro groups is 1. The molecule has 0 N–H and O–H groups in total. The fourth-order valence-electron chi connectivity index (χ4n) is 3.39. The van der Waals surface area contributed by atoms with E-state index in [0.717, 1.165) is 23.3 Å². The minimum Gasteiger partial charge on any atom is -0.483 e. The molecule has 3 rings (SSSR count). The second kappa shape index (κ2) is 10.6. The summed E-state index contributed by atoms with van der Waals surface area (Å²) in [7, 11) is 0. The van der Waals surface area contributed by atoms with Crippen LogP contribution in [0.15, 0.2) is 53.7 Å². The predicted molar refractivity (Wildman–Crippen MR) is 127 cm³/mol. The molecule has 0 aliphatic carbocycles. The highest BCUT2D eigenvalue weighted by molar-refractivity contribution is 7.98. The smallest absolute Gasteiger partial charge is 0.273 e. The van der Waals surface area contributed by atoms with E-state index in [1.165, 1.54) is 23.4 Å². The molecule has 3 aromatic rings. The van der Waals surface area contributed by atoms with Crippen LogP contribution in [0.2, 0.25) is 0 Å². The summed E-state index contributed by atoms with van der Waals surface area (Å²) in [5.74, 6) is 2.83. The van der Waals surface area contributed by atoms with Gasteiger partial charge >= 0.3 is 0 Å². The third kappa shape index (κ3) is 5.88. The van der Waals surface area contributed by atoms with Gasteiger partial charge in [0, 0.05) is 23.9 Å². The third-order valence-electron chi connectivity index (χ3n) is 5.06. The highest BCUT2D eigenvalue weighted by Gasteiger charge is 2.21. The van der Waals surface area contributed by atoms with Gasteiger partial charge in [0.05, 0.1) is 4.92 Å². The summed E-state index contributed by atoms with van der Waals surface area (Å²) in [6.45, 7) is 11.3. The summed E-state index contributed by atoms with van der Waals surface area (Å²) in [5, 5.41) is 20.9. The van der Waals surface area contributed by atoms with Crippen molar-refractivity contribution in [1.82, 2.24) is 14.8 Å². The van der Waals surface area contributed by atoms with Crippen molar-refractivity contribution >= 4 is 17.4 Å². The summed E-state index contributed by atoms with van der Waals surface area (Å²) in [6.07, 6.45) is -0.286. The Hall–Kier alpha value is -2.87. The van der Waals surface area contributed by atoms with Crippen LogP contribution < -0.4 is 4.74 Å². The summed E-state index contributed by atoms with van der Waals surface area (Å²) in [5.41, 5.74) is 2.05. The van der Waals surface area contributed by atoms with Gasteiger partial charge in [-0.2, -0.15) is 0 Å². The first-order valence-electron chi connectivity index (χ1n) is 10.8. The monoisotopic (exact) mass is 454 g/mol. The van der Waals surface area contributed by atoms with E-state index >= 15 is 0 Å². The van der Waals surface area contributed by atoms with Crippen molar-refractivity contribution in [3.63, 3.8) is 0 Å². The van der Waals surface area contributed by atoms with E-state index in [9.17, 15) is 10.1 Å². The van der Waals surface area contributed by atoms with Crippen LogP contribution in [-0.2, 0) is 12.3 Å². The minimum atomic E-state index is -0.347. The normalized spacial score (nSPS) is 12.3. The number of ether oxygens (including phenoxy) is 1. The topological polar surface area (TPSA) is 83.1 Å². The standard InChI is InChI=1S/C24H30N4O3S/c1-16(2)14-27-23(18(5)31-21-12-10-19(11-13-21)17(3)4)25-26-24(27)32-15-20-8-6-7-9-22(20)28(29)30/h6-13,16-18H,14-15H2,1-5H3. The van der Waals surface area contributed by atoms with E-state index in [-0.39, 0.29) is 16.7 Å². The van der Waals surface area contributed by atoms with E-state index in [0.29, 0.717) is 23.2 Å². The van der Waals surface area contributed by atoms with Gasteiger partial charge in [-0.3, -0.25) is 10.1 Å². The molecule has 8 heteroatoms. The molecule has 1 unspecified atom stereocenters. The first kappa shape index (κ1) is 23.8. The van der Waals surface area contributed by atoms with Gasteiger partial charge in [-0.15, -0.1) is 10.2 Å². The molecule has 7 nitrogen and oxygen atoms in total. The van der Waals surface area contributed by atoms with E-state index in [4.69, 9.17) is 4.74 Å². The van der Waals surface area contributed by atoms with E-state index in [2.05, 4.69) is 54.6 Å². The lowest BCUT2D eigenvalue weighted by molar-refractivity contribution is -0.385. The minimum absolute atomic E-state index is 0.122. The van der Waals surface area contributed by atoms with Gasteiger partial charge in [0.15, 0.2) is 17.1 Å². The lowest BCUT2D eigenvalue weighted by atomic mass is 10.0. The van der Waals surface area contributed by atoms with Gasteiger partial charge < -0.3 is 9.30 Å². The van der Waals surface area contributed by atoms with Crippen LogP contribution in [0.3, 0.4) is 0 Å². The quantitative estimate of drug-likeness (QED) is 0.200. The van der Waals surface area contributed by atoms with Gasteiger partial charge in [-0.25, -0.2) is 0 Å². The van der Waals surface area contributed by atoms with Crippen molar-refractivity contribution in [2.24, 2.45) is 5.92 Å². The summed E-state index contributed by atoms with van der Waals surface area (Å²) in [6, 6.07) is 14.9. The molecule has 0 aliphatic heterocycles. The molecule has 1 atom stereocenters. The highest BCUT2D eigenvalue weighted by Crippen LogP contribution is 2.30. The molecule has 0 radical (unpaired) electrons. The predicted octanol–water partition coefficient (Wildman–Crippen LogP) is 6.40. The summed E-state index contributed by atoms with van der Waals surface area (Å²) < 4.78 is 8.23. The number of aromatic nitrogens is 3. The molecule has 0 fully saturated rings. The Bertz CT molecular complexity index is 1050. The maximum atomic E-state index is 11.3. The molecule has 1 heterocycles. The zero-order chi connectivity index (χ0) is 23.3. The second-order valence-corrected chi connectivity index (χ2v) is 9.45. The maximum absolute atomic E-state index is 11.3. The summed E-state index contributed by atoms with van der Waals surface area (Å²) >= 11 is 1.45. The molecular weight excluding hydrogens is 424 g/mol. The Morgan fingerprint density at radius 1 is 1.03 bits per heavy atom. The lowest BCUT2D eigenvalue weighted by Crippen LogP contribution is -2.15. The van der Waals surface area contributed by atoms with Gasteiger partial charge in [-0.1, -0.05) is 69.8 Å². The van der Waals surface area contributed by atoms with Gasteiger partial charge in [-0.05, 0) is 36.5 Å². The zero-order valence-electron chi connectivity index (χ0n) is 19.2. The molecule has 0 bridgehead atoms. The van der Waals surface area contributed by atoms with Crippen LogP contribution in [0.1, 0.15) is 63.6 Å². The summed E-state index contributed by atoms with van der Waals surface area (Å²) in [4.78, 5) is 11.0. The van der Waals surface area contributed by atoms with Gasteiger partial charge in [0.2, 0.25) is 0 Å². The fourth-order valence-corrected chi connectivity index (χ4v) is 4.34. The third-order valence-corrected chi connectivity index (χ3v) is 6.08. The zero-order valence-corrected chi connectivity index (χ0v) is 20.0. The van der Waals surface area contributed by atoms with Gasteiger partial charge in [0.1, 0.15) is 5.75 Å². The van der Waals surface area contributed by atoms with Crippen molar-refractivity contribution in [2.45, 2.75) is 64.1 Å². The Morgan fingerprint density at radius 3 is 2.34 bits per heavy atom. The molecule has 0 amide bonds. The van der Waals surface area contributed by atoms with Crippen molar-refractivity contribution in [2.75, 3.05) is 0 Å². The Morgan fingerprint density at radius 2 is 1.72 bits per heavy atom. The number of thioether (sulfide) groups is 1. The largest absolute Gasteiger partial charge is 0.483 e.